The average molecular weight is 284 g/mol. The zero-order valence-corrected chi connectivity index (χ0v) is 11.0. The zero-order chi connectivity index (χ0) is 14.3. The molecule has 0 aromatic heterocycles. The molecule has 0 aliphatic rings. The number of carbonyl (C=O) groups is 1. The van der Waals surface area contributed by atoms with E-state index >= 15 is 0 Å². The highest BCUT2D eigenvalue weighted by Gasteiger charge is 2.41. The average Bonchev–Trinajstić information content (AvgIpc) is 2.25. The SMILES string of the molecule is CCN(CC)C(=O)CS(=O)CC(C#N)C(F)(F)F. The summed E-state index contributed by atoms with van der Waals surface area (Å²) in [5.74, 6) is -4.08. The van der Waals surface area contributed by atoms with Crippen LogP contribution in [0, 0.1) is 17.2 Å². The number of halogens is 3. The van der Waals surface area contributed by atoms with Gasteiger partial charge in [-0.1, -0.05) is 0 Å². The summed E-state index contributed by atoms with van der Waals surface area (Å²) in [5, 5.41) is 8.35. The summed E-state index contributed by atoms with van der Waals surface area (Å²) in [6, 6.07) is 1.06. The molecular formula is C10H15F3N2O2S. The molecule has 0 N–H and O–H groups in total. The molecule has 1 amide bonds. The van der Waals surface area contributed by atoms with E-state index in [1.807, 2.05) is 0 Å². The van der Waals surface area contributed by atoms with Crippen molar-refractivity contribution in [1.82, 2.24) is 4.90 Å². The first-order chi connectivity index (χ1) is 8.26. The molecule has 104 valence electrons. The van der Waals surface area contributed by atoms with Gasteiger partial charge in [-0.05, 0) is 13.8 Å². The zero-order valence-electron chi connectivity index (χ0n) is 10.2. The monoisotopic (exact) mass is 284 g/mol. The van der Waals surface area contributed by atoms with Crippen LogP contribution < -0.4 is 0 Å². The number of rotatable bonds is 6. The van der Waals surface area contributed by atoms with Crippen LogP contribution in [0.2, 0.25) is 0 Å². The van der Waals surface area contributed by atoms with E-state index in [2.05, 4.69) is 0 Å². The molecule has 0 saturated heterocycles. The standard InChI is InChI=1S/C10H15F3N2O2S/c1-3-15(4-2)9(16)7-18(17)6-8(5-14)10(11,12)13/h8H,3-4,6-7H2,1-2H3. The molecule has 0 aliphatic carbocycles. The predicted molar refractivity (Wildman–Crippen MR) is 61.0 cm³/mol. The maximum atomic E-state index is 12.3. The Morgan fingerprint density at radius 3 is 2.22 bits per heavy atom. The molecule has 0 fully saturated rings. The van der Waals surface area contributed by atoms with E-state index in [0.29, 0.717) is 13.1 Å². The Hall–Kier alpha value is -1.10. The summed E-state index contributed by atoms with van der Waals surface area (Å²) in [5.41, 5.74) is 0. The molecule has 2 unspecified atom stereocenters. The maximum Gasteiger partial charge on any atom is 0.405 e. The van der Waals surface area contributed by atoms with Crippen LogP contribution in [0.1, 0.15) is 13.8 Å². The van der Waals surface area contributed by atoms with E-state index in [9.17, 15) is 22.2 Å². The molecule has 0 aliphatic heterocycles. The van der Waals surface area contributed by atoms with E-state index in [-0.39, 0.29) is 0 Å². The van der Waals surface area contributed by atoms with Gasteiger partial charge in [-0.2, -0.15) is 18.4 Å². The lowest BCUT2D eigenvalue weighted by molar-refractivity contribution is -0.153. The molecule has 0 radical (unpaired) electrons. The Labute approximate surface area is 106 Å². The molecule has 0 bridgehead atoms. The Kier molecular flexibility index (Phi) is 6.91. The van der Waals surface area contributed by atoms with Crippen LogP contribution in [0.15, 0.2) is 0 Å². The molecular weight excluding hydrogens is 269 g/mol. The summed E-state index contributed by atoms with van der Waals surface area (Å²) in [6.07, 6.45) is -4.71. The summed E-state index contributed by atoms with van der Waals surface area (Å²) in [7, 11) is -1.98. The van der Waals surface area contributed by atoms with Gasteiger partial charge < -0.3 is 4.90 Å². The van der Waals surface area contributed by atoms with Gasteiger partial charge in [0, 0.05) is 29.6 Å². The van der Waals surface area contributed by atoms with Crippen molar-refractivity contribution in [2.75, 3.05) is 24.6 Å². The molecule has 0 heterocycles. The van der Waals surface area contributed by atoms with Crippen molar-refractivity contribution in [3.63, 3.8) is 0 Å². The lowest BCUT2D eigenvalue weighted by atomic mass is 10.2. The summed E-state index contributed by atoms with van der Waals surface area (Å²) >= 11 is 0. The van der Waals surface area contributed by atoms with Gasteiger partial charge in [0.15, 0.2) is 5.92 Å². The fourth-order valence-corrected chi connectivity index (χ4v) is 2.47. The third-order valence-electron chi connectivity index (χ3n) is 2.30. The highest BCUT2D eigenvalue weighted by Crippen LogP contribution is 2.26. The molecule has 0 saturated carbocycles. The third kappa shape index (κ3) is 5.49. The normalized spacial score (nSPS) is 14.7. The molecule has 0 rings (SSSR count). The predicted octanol–water partition coefficient (Wildman–Crippen LogP) is 1.31. The first-order valence-corrected chi connectivity index (χ1v) is 6.84. The Morgan fingerprint density at radius 2 is 1.89 bits per heavy atom. The number of hydrogen-bond acceptors (Lipinski definition) is 3. The maximum absolute atomic E-state index is 12.3. The van der Waals surface area contributed by atoms with Gasteiger partial charge >= 0.3 is 6.18 Å². The van der Waals surface area contributed by atoms with Gasteiger partial charge in [0.05, 0.1) is 6.07 Å². The van der Waals surface area contributed by atoms with Crippen molar-refractivity contribution in [2.24, 2.45) is 5.92 Å². The lowest BCUT2D eigenvalue weighted by Crippen LogP contribution is -2.36. The topological polar surface area (TPSA) is 61.2 Å². The molecule has 2 atom stereocenters. The van der Waals surface area contributed by atoms with E-state index in [4.69, 9.17) is 5.26 Å². The largest absolute Gasteiger partial charge is 0.405 e. The fourth-order valence-electron chi connectivity index (χ4n) is 1.26. The van der Waals surface area contributed by atoms with Crippen molar-refractivity contribution in [3.8, 4) is 6.07 Å². The van der Waals surface area contributed by atoms with Crippen molar-refractivity contribution in [3.05, 3.63) is 0 Å². The van der Waals surface area contributed by atoms with Crippen molar-refractivity contribution in [1.29, 1.82) is 5.26 Å². The van der Waals surface area contributed by atoms with Gasteiger partial charge in [0.25, 0.3) is 0 Å². The van der Waals surface area contributed by atoms with Crippen LogP contribution in [0.5, 0.6) is 0 Å². The summed E-state index contributed by atoms with van der Waals surface area (Å²) < 4.78 is 48.2. The Bertz CT molecular complexity index is 348. The van der Waals surface area contributed by atoms with Crippen LogP contribution in [0.25, 0.3) is 0 Å². The third-order valence-corrected chi connectivity index (χ3v) is 3.58. The number of alkyl halides is 3. The Balaban J connectivity index is 4.44. The fraction of sp³-hybridized carbons (Fsp3) is 0.800. The van der Waals surface area contributed by atoms with Crippen LogP contribution in [-0.2, 0) is 15.6 Å². The first kappa shape index (κ1) is 16.9. The minimum Gasteiger partial charge on any atom is -0.342 e. The minimum absolute atomic E-state index is 0.410. The second kappa shape index (κ2) is 7.36. The van der Waals surface area contributed by atoms with Crippen LogP contribution >= 0.6 is 0 Å². The molecule has 0 aromatic rings. The van der Waals surface area contributed by atoms with Crippen molar-refractivity contribution >= 4 is 16.7 Å². The van der Waals surface area contributed by atoms with E-state index in [1.165, 1.54) is 4.90 Å². The molecule has 0 spiro atoms. The number of nitriles is 1. The summed E-state index contributed by atoms with van der Waals surface area (Å²) in [6.45, 7) is 4.26. The van der Waals surface area contributed by atoms with E-state index < -0.39 is 40.3 Å². The molecule has 8 heteroatoms. The van der Waals surface area contributed by atoms with Gasteiger partial charge in [-0.15, -0.1) is 0 Å². The van der Waals surface area contributed by atoms with Gasteiger partial charge in [0.2, 0.25) is 5.91 Å². The molecule has 0 aromatic carbocycles. The first-order valence-electron chi connectivity index (χ1n) is 5.35. The highest BCUT2D eigenvalue weighted by atomic mass is 32.2. The van der Waals surface area contributed by atoms with E-state index in [0.717, 1.165) is 6.07 Å². The van der Waals surface area contributed by atoms with Crippen LogP contribution in [0.4, 0.5) is 13.2 Å². The van der Waals surface area contributed by atoms with Crippen molar-refractivity contribution in [2.45, 2.75) is 20.0 Å². The van der Waals surface area contributed by atoms with Gasteiger partial charge in [-0.3, -0.25) is 9.00 Å². The van der Waals surface area contributed by atoms with Crippen molar-refractivity contribution < 1.29 is 22.2 Å². The number of nitrogens with zero attached hydrogens (tertiary/aromatic N) is 2. The Morgan fingerprint density at radius 1 is 1.39 bits per heavy atom. The molecule has 18 heavy (non-hydrogen) atoms. The highest BCUT2D eigenvalue weighted by molar-refractivity contribution is 7.85. The molecule has 4 nitrogen and oxygen atoms in total. The van der Waals surface area contributed by atoms with E-state index in [1.54, 1.807) is 13.8 Å². The second-order valence-corrected chi connectivity index (χ2v) is 5.04. The lowest BCUT2D eigenvalue weighted by Gasteiger charge is -2.19. The van der Waals surface area contributed by atoms with Gasteiger partial charge in [-0.25, -0.2) is 0 Å². The number of amides is 1. The smallest absolute Gasteiger partial charge is 0.342 e. The van der Waals surface area contributed by atoms with Gasteiger partial charge in [0.1, 0.15) is 5.75 Å². The minimum atomic E-state index is -4.71. The second-order valence-electron chi connectivity index (χ2n) is 3.54. The number of carbonyl (C=O) groups excluding carboxylic acids is 1. The van der Waals surface area contributed by atoms with Crippen LogP contribution in [-0.4, -0.2) is 45.8 Å². The summed E-state index contributed by atoms with van der Waals surface area (Å²) in [4.78, 5) is 12.9. The quantitative estimate of drug-likeness (QED) is 0.738. The number of hydrogen-bond donors (Lipinski definition) is 0. The van der Waals surface area contributed by atoms with Crippen LogP contribution in [0.3, 0.4) is 0 Å².